The zero-order valence-electron chi connectivity index (χ0n) is 6.91. The van der Waals surface area contributed by atoms with Gasteiger partial charge in [-0.2, -0.15) is 0 Å². The molecule has 1 nitrogen and oxygen atoms in total. The molecule has 0 fully saturated rings. The first kappa shape index (κ1) is 7.62. The number of benzene rings is 1. The molecule has 1 heterocycles. The highest BCUT2D eigenvalue weighted by atomic mass is 32.1. The largest absolute Gasteiger partial charge is 0.494 e. The number of thiophene rings is 1. The standard InChI is InChI=1S/C10H10OS/c1-2-11-9-3-4-10-8(7-9)5-6-12-10/h3-7H,2H2,1H3. The van der Waals surface area contributed by atoms with Gasteiger partial charge in [0, 0.05) is 4.70 Å². The monoisotopic (exact) mass is 178 g/mol. The van der Waals surface area contributed by atoms with Gasteiger partial charge in [0.25, 0.3) is 0 Å². The Morgan fingerprint density at radius 2 is 2.25 bits per heavy atom. The van der Waals surface area contributed by atoms with Crippen molar-refractivity contribution in [1.29, 1.82) is 0 Å². The molecule has 0 aliphatic rings. The van der Waals surface area contributed by atoms with Crippen molar-refractivity contribution in [1.82, 2.24) is 0 Å². The summed E-state index contributed by atoms with van der Waals surface area (Å²) in [7, 11) is 0. The van der Waals surface area contributed by atoms with Gasteiger partial charge in [0.1, 0.15) is 5.75 Å². The molecule has 0 saturated heterocycles. The molecule has 0 saturated carbocycles. The SMILES string of the molecule is CCOc1ccc2sccc2c1. The van der Waals surface area contributed by atoms with E-state index < -0.39 is 0 Å². The van der Waals surface area contributed by atoms with Gasteiger partial charge in [0.15, 0.2) is 0 Å². The lowest BCUT2D eigenvalue weighted by Gasteiger charge is -2.01. The minimum Gasteiger partial charge on any atom is -0.494 e. The summed E-state index contributed by atoms with van der Waals surface area (Å²) in [6.45, 7) is 2.73. The van der Waals surface area contributed by atoms with Crippen LogP contribution in [0.5, 0.6) is 5.75 Å². The Bertz CT molecular complexity index is 378. The average molecular weight is 178 g/mol. The van der Waals surface area contributed by atoms with Crippen molar-refractivity contribution >= 4 is 21.4 Å². The molecule has 2 aromatic rings. The molecule has 0 radical (unpaired) electrons. The summed E-state index contributed by atoms with van der Waals surface area (Å²) in [4.78, 5) is 0. The van der Waals surface area contributed by atoms with E-state index in [0.29, 0.717) is 0 Å². The molecule has 2 heteroatoms. The van der Waals surface area contributed by atoms with E-state index in [1.807, 2.05) is 13.0 Å². The number of fused-ring (bicyclic) bond motifs is 1. The molecule has 0 bridgehead atoms. The normalized spacial score (nSPS) is 10.4. The van der Waals surface area contributed by atoms with Crippen molar-refractivity contribution in [2.45, 2.75) is 6.92 Å². The minimum atomic E-state index is 0.732. The fourth-order valence-electron chi connectivity index (χ4n) is 1.20. The molecule has 0 unspecified atom stereocenters. The van der Waals surface area contributed by atoms with Gasteiger partial charge in [0.05, 0.1) is 6.61 Å². The first-order valence-electron chi connectivity index (χ1n) is 4.00. The molecule has 62 valence electrons. The third-order valence-electron chi connectivity index (χ3n) is 1.73. The molecule has 1 aromatic carbocycles. The lowest BCUT2D eigenvalue weighted by atomic mass is 10.2. The molecule has 0 atom stereocenters. The Hall–Kier alpha value is -1.02. The number of rotatable bonds is 2. The second kappa shape index (κ2) is 3.15. The van der Waals surface area contributed by atoms with Crippen molar-refractivity contribution < 1.29 is 4.74 Å². The molecule has 0 N–H and O–H groups in total. The van der Waals surface area contributed by atoms with Crippen LogP contribution in [0.15, 0.2) is 29.6 Å². The van der Waals surface area contributed by atoms with Crippen LogP contribution >= 0.6 is 11.3 Å². The van der Waals surface area contributed by atoms with Gasteiger partial charge in [-0.05, 0) is 42.0 Å². The van der Waals surface area contributed by atoms with Crippen molar-refractivity contribution in [2.75, 3.05) is 6.61 Å². The van der Waals surface area contributed by atoms with E-state index in [-0.39, 0.29) is 0 Å². The Labute approximate surface area is 75.6 Å². The first-order valence-corrected chi connectivity index (χ1v) is 4.88. The lowest BCUT2D eigenvalue weighted by Crippen LogP contribution is -1.89. The third-order valence-corrected chi connectivity index (χ3v) is 2.63. The van der Waals surface area contributed by atoms with Crippen LogP contribution in [0.4, 0.5) is 0 Å². The summed E-state index contributed by atoms with van der Waals surface area (Å²) >= 11 is 1.76. The maximum atomic E-state index is 5.39. The molecule has 2 rings (SSSR count). The molecule has 0 aliphatic heterocycles. The molecular formula is C10H10OS. The van der Waals surface area contributed by atoms with E-state index >= 15 is 0 Å². The van der Waals surface area contributed by atoms with Crippen LogP contribution in [0.2, 0.25) is 0 Å². The molecular weight excluding hydrogens is 168 g/mol. The predicted octanol–water partition coefficient (Wildman–Crippen LogP) is 3.30. The Morgan fingerprint density at radius 3 is 3.08 bits per heavy atom. The van der Waals surface area contributed by atoms with Crippen LogP contribution in [0.3, 0.4) is 0 Å². The summed E-state index contributed by atoms with van der Waals surface area (Å²) in [5.41, 5.74) is 0. The molecule has 0 spiro atoms. The second-order valence-corrected chi connectivity index (χ2v) is 3.50. The lowest BCUT2D eigenvalue weighted by molar-refractivity contribution is 0.341. The zero-order valence-corrected chi connectivity index (χ0v) is 7.73. The van der Waals surface area contributed by atoms with E-state index in [1.54, 1.807) is 11.3 Å². The van der Waals surface area contributed by atoms with E-state index in [2.05, 4.69) is 23.6 Å². The second-order valence-electron chi connectivity index (χ2n) is 2.55. The Balaban J connectivity index is 2.46. The highest BCUT2D eigenvalue weighted by Gasteiger charge is 1.96. The van der Waals surface area contributed by atoms with Gasteiger partial charge < -0.3 is 4.74 Å². The third kappa shape index (κ3) is 1.30. The molecule has 0 amide bonds. The van der Waals surface area contributed by atoms with E-state index in [4.69, 9.17) is 4.74 Å². The molecule has 12 heavy (non-hydrogen) atoms. The summed E-state index contributed by atoms with van der Waals surface area (Å²) in [6.07, 6.45) is 0. The van der Waals surface area contributed by atoms with E-state index in [0.717, 1.165) is 12.4 Å². The van der Waals surface area contributed by atoms with Gasteiger partial charge in [-0.1, -0.05) is 0 Å². The average Bonchev–Trinajstić information content (AvgIpc) is 2.51. The predicted molar refractivity (Wildman–Crippen MR) is 53.0 cm³/mol. The number of hydrogen-bond acceptors (Lipinski definition) is 2. The van der Waals surface area contributed by atoms with E-state index in [1.165, 1.54) is 10.1 Å². The van der Waals surface area contributed by atoms with Gasteiger partial charge in [-0.25, -0.2) is 0 Å². The van der Waals surface area contributed by atoms with Gasteiger partial charge in [-0.3, -0.25) is 0 Å². The Kier molecular flexibility index (Phi) is 2.00. The van der Waals surface area contributed by atoms with Crippen LogP contribution in [0, 0.1) is 0 Å². The van der Waals surface area contributed by atoms with Crippen molar-refractivity contribution in [3.05, 3.63) is 29.6 Å². The fourth-order valence-corrected chi connectivity index (χ4v) is 1.97. The van der Waals surface area contributed by atoms with Crippen LogP contribution in [-0.4, -0.2) is 6.61 Å². The first-order chi connectivity index (χ1) is 5.90. The highest BCUT2D eigenvalue weighted by Crippen LogP contribution is 2.24. The summed E-state index contributed by atoms with van der Waals surface area (Å²) in [5.74, 6) is 0.961. The van der Waals surface area contributed by atoms with Crippen molar-refractivity contribution in [3.8, 4) is 5.75 Å². The van der Waals surface area contributed by atoms with Gasteiger partial charge in [-0.15, -0.1) is 11.3 Å². The van der Waals surface area contributed by atoms with E-state index in [9.17, 15) is 0 Å². The highest BCUT2D eigenvalue weighted by molar-refractivity contribution is 7.17. The summed E-state index contributed by atoms with van der Waals surface area (Å²) in [6, 6.07) is 8.31. The summed E-state index contributed by atoms with van der Waals surface area (Å²) < 4.78 is 6.71. The Morgan fingerprint density at radius 1 is 1.33 bits per heavy atom. The topological polar surface area (TPSA) is 9.23 Å². The van der Waals surface area contributed by atoms with Crippen LogP contribution < -0.4 is 4.74 Å². The van der Waals surface area contributed by atoms with Crippen molar-refractivity contribution in [3.63, 3.8) is 0 Å². The van der Waals surface area contributed by atoms with Crippen LogP contribution in [0.1, 0.15) is 6.92 Å². The zero-order chi connectivity index (χ0) is 8.39. The fraction of sp³-hybridized carbons (Fsp3) is 0.200. The minimum absolute atomic E-state index is 0.732. The maximum Gasteiger partial charge on any atom is 0.119 e. The number of ether oxygens (including phenoxy) is 1. The summed E-state index contributed by atoms with van der Waals surface area (Å²) in [5, 5.41) is 3.37. The van der Waals surface area contributed by atoms with Gasteiger partial charge >= 0.3 is 0 Å². The maximum absolute atomic E-state index is 5.39. The number of hydrogen-bond donors (Lipinski definition) is 0. The van der Waals surface area contributed by atoms with Crippen molar-refractivity contribution in [2.24, 2.45) is 0 Å². The molecule has 1 aromatic heterocycles. The van der Waals surface area contributed by atoms with Gasteiger partial charge in [0.2, 0.25) is 0 Å². The molecule has 0 aliphatic carbocycles. The smallest absolute Gasteiger partial charge is 0.119 e. The van der Waals surface area contributed by atoms with Crippen LogP contribution in [0.25, 0.3) is 10.1 Å². The quantitative estimate of drug-likeness (QED) is 0.685. The van der Waals surface area contributed by atoms with Crippen LogP contribution in [-0.2, 0) is 0 Å².